The van der Waals surface area contributed by atoms with Crippen LogP contribution >= 0.6 is 0 Å². The Morgan fingerprint density at radius 2 is 1.29 bits per heavy atom. The van der Waals surface area contributed by atoms with Gasteiger partial charge in [-0.3, -0.25) is 4.79 Å². The molecule has 0 saturated carbocycles. The van der Waals surface area contributed by atoms with Gasteiger partial charge < -0.3 is 9.47 Å². The molecule has 0 N–H and O–H groups in total. The molecule has 0 aromatic rings. The van der Waals surface area contributed by atoms with Gasteiger partial charge in [0, 0.05) is 20.1 Å². The Bertz CT molecular complexity index is 90.5. The molecular formula is C11H26O3. The maximum Gasteiger partial charge on any atom is 0.302 e. The maximum atomic E-state index is 9.82. The molecule has 0 aromatic carbocycles. The molecule has 0 bridgehead atoms. The van der Waals surface area contributed by atoms with Crippen molar-refractivity contribution in [3.63, 3.8) is 0 Å². The van der Waals surface area contributed by atoms with Gasteiger partial charge in [0.05, 0.1) is 6.61 Å². The van der Waals surface area contributed by atoms with Gasteiger partial charge in [-0.25, -0.2) is 0 Å². The summed E-state index contributed by atoms with van der Waals surface area (Å²) in [5, 5.41) is 0. The molecule has 3 nitrogen and oxygen atoms in total. The second kappa shape index (κ2) is 22.9. The van der Waals surface area contributed by atoms with E-state index in [0.29, 0.717) is 6.61 Å². The third kappa shape index (κ3) is 63.4. The summed E-state index contributed by atoms with van der Waals surface area (Å²) in [7, 11) is 0. The summed E-state index contributed by atoms with van der Waals surface area (Å²) < 4.78 is 9.24. The lowest BCUT2D eigenvalue weighted by molar-refractivity contribution is -0.140. The monoisotopic (exact) mass is 206 g/mol. The minimum atomic E-state index is -0.211. The first-order valence-corrected chi connectivity index (χ1v) is 5.31. The van der Waals surface area contributed by atoms with Gasteiger partial charge in [0.2, 0.25) is 0 Å². The molecule has 0 aliphatic heterocycles. The topological polar surface area (TPSA) is 35.5 Å². The number of ether oxygens (including phenoxy) is 2. The second-order valence-corrected chi connectivity index (χ2v) is 2.41. The molecule has 88 valence electrons. The van der Waals surface area contributed by atoms with Gasteiger partial charge in [-0.05, 0) is 20.8 Å². The van der Waals surface area contributed by atoms with Gasteiger partial charge in [-0.15, -0.1) is 0 Å². The summed E-state index contributed by atoms with van der Waals surface area (Å²) in [5.41, 5.74) is 0. The molecule has 0 aliphatic rings. The average molecular weight is 206 g/mol. The molecule has 0 atom stereocenters. The third-order valence-corrected chi connectivity index (χ3v) is 0.756. The normalized spacial score (nSPS) is 7.57. The maximum absolute atomic E-state index is 9.82. The summed E-state index contributed by atoms with van der Waals surface area (Å²) in [6.07, 6.45) is 1.25. The van der Waals surface area contributed by atoms with Crippen molar-refractivity contribution >= 4 is 5.97 Å². The number of carbonyl (C=O) groups excluding carboxylic acids is 1. The first kappa shape index (κ1) is 19.1. The van der Waals surface area contributed by atoms with Gasteiger partial charge in [-0.2, -0.15) is 0 Å². The van der Waals surface area contributed by atoms with Crippen LogP contribution in [0.5, 0.6) is 0 Å². The second-order valence-electron chi connectivity index (χ2n) is 2.41. The van der Waals surface area contributed by atoms with E-state index < -0.39 is 0 Å². The molecule has 0 fully saturated rings. The van der Waals surface area contributed by atoms with Crippen LogP contribution < -0.4 is 0 Å². The highest BCUT2D eigenvalue weighted by atomic mass is 16.5. The number of esters is 1. The van der Waals surface area contributed by atoms with Crippen molar-refractivity contribution in [1.82, 2.24) is 0 Å². The van der Waals surface area contributed by atoms with Gasteiger partial charge >= 0.3 is 5.97 Å². The Kier molecular flexibility index (Phi) is 31.1. The molecule has 0 unspecified atom stereocenters. The highest BCUT2D eigenvalue weighted by Crippen LogP contribution is 1.69. The fourth-order valence-corrected chi connectivity index (χ4v) is 0.407. The molecule has 0 heterocycles. The van der Waals surface area contributed by atoms with Gasteiger partial charge in [0.1, 0.15) is 0 Å². The van der Waals surface area contributed by atoms with Crippen LogP contribution in [0.1, 0.15) is 48.0 Å². The zero-order valence-corrected chi connectivity index (χ0v) is 10.6. The van der Waals surface area contributed by atoms with Crippen LogP contribution in [0, 0.1) is 0 Å². The molecule has 0 aliphatic carbocycles. The summed E-state index contributed by atoms with van der Waals surface area (Å²) >= 11 is 0. The molecule has 0 saturated heterocycles. The van der Waals surface area contributed by atoms with Crippen LogP contribution in [0.4, 0.5) is 0 Å². The van der Waals surface area contributed by atoms with Gasteiger partial charge in [0.25, 0.3) is 0 Å². The molecule has 0 aromatic heterocycles. The predicted molar refractivity (Wildman–Crippen MR) is 60.4 cm³/mol. The molecule has 0 spiro atoms. The van der Waals surface area contributed by atoms with E-state index in [-0.39, 0.29) is 5.97 Å². The standard InChI is InChI=1S/C4H8O2.C4H10O.C3H8/c1-3-6-4(2)5;1-3-5-4-2;1-3-2/h3H2,1-2H3;3-4H2,1-2H3;3H2,1-2H3. The van der Waals surface area contributed by atoms with Crippen LogP contribution in [-0.2, 0) is 14.3 Å². The van der Waals surface area contributed by atoms with Gasteiger partial charge in [0.15, 0.2) is 0 Å². The molecule has 14 heavy (non-hydrogen) atoms. The van der Waals surface area contributed by atoms with Crippen molar-refractivity contribution < 1.29 is 14.3 Å². The number of hydrogen-bond acceptors (Lipinski definition) is 3. The lowest BCUT2D eigenvalue weighted by atomic mass is 10.6. The van der Waals surface area contributed by atoms with Crippen LogP contribution in [0.3, 0.4) is 0 Å². The molecule has 0 radical (unpaired) electrons. The lowest BCUT2D eigenvalue weighted by Gasteiger charge is -1.89. The minimum absolute atomic E-state index is 0.211. The lowest BCUT2D eigenvalue weighted by Crippen LogP contribution is -1.95. The van der Waals surface area contributed by atoms with E-state index in [1.807, 2.05) is 13.8 Å². The summed E-state index contributed by atoms with van der Waals surface area (Å²) in [6.45, 7) is 13.6. The Labute approximate surface area is 88.8 Å². The first-order chi connectivity index (χ1) is 6.60. The summed E-state index contributed by atoms with van der Waals surface area (Å²) in [4.78, 5) is 9.82. The third-order valence-electron chi connectivity index (χ3n) is 0.756. The van der Waals surface area contributed by atoms with E-state index in [0.717, 1.165) is 13.2 Å². The predicted octanol–water partition coefficient (Wildman–Crippen LogP) is 3.03. The fraction of sp³-hybridized carbons (Fsp3) is 0.909. The van der Waals surface area contributed by atoms with E-state index in [2.05, 4.69) is 18.6 Å². The zero-order valence-electron chi connectivity index (χ0n) is 10.6. The van der Waals surface area contributed by atoms with Crippen molar-refractivity contribution in [3.05, 3.63) is 0 Å². The van der Waals surface area contributed by atoms with Crippen LogP contribution in [0.2, 0.25) is 0 Å². The zero-order chi connectivity index (χ0) is 11.8. The molecule has 0 amide bonds. The van der Waals surface area contributed by atoms with Crippen LogP contribution in [0.15, 0.2) is 0 Å². The highest BCUT2D eigenvalue weighted by Gasteiger charge is 1.81. The van der Waals surface area contributed by atoms with Gasteiger partial charge in [-0.1, -0.05) is 20.3 Å². The SMILES string of the molecule is CCC.CCOC(C)=O.CCOCC. The minimum Gasteiger partial charge on any atom is -0.466 e. The Morgan fingerprint density at radius 3 is 1.29 bits per heavy atom. The summed E-state index contributed by atoms with van der Waals surface area (Å²) in [6, 6.07) is 0. The molecular weight excluding hydrogens is 180 g/mol. The largest absolute Gasteiger partial charge is 0.466 e. The Morgan fingerprint density at radius 1 is 0.929 bits per heavy atom. The molecule has 0 rings (SSSR count). The van der Waals surface area contributed by atoms with Crippen molar-refractivity contribution in [2.24, 2.45) is 0 Å². The number of rotatable bonds is 3. The number of carbonyl (C=O) groups is 1. The van der Waals surface area contributed by atoms with Crippen molar-refractivity contribution in [3.8, 4) is 0 Å². The molecule has 3 heteroatoms. The van der Waals surface area contributed by atoms with E-state index in [4.69, 9.17) is 4.74 Å². The highest BCUT2D eigenvalue weighted by molar-refractivity contribution is 5.65. The first-order valence-electron chi connectivity index (χ1n) is 5.31. The van der Waals surface area contributed by atoms with E-state index in [1.54, 1.807) is 6.92 Å². The van der Waals surface area contributed by atoms with Crippen molar-refractivity contribution in [2.75, 3.05) is 19.8 Å². The number of hydrogen-bond donors (Lipinski definition) is 0. The van der Waals surface area contributed by atoms with Crippen LogP contribution in [-0.4, -0.2) is 25.8 Å². The Hall–Kier alpha value is -0.570. The average Bonchev–Trinajstić information content (AvgIpc) is 2.07. The van der Waals surface area contributed by atoms with E-state index in [1.165, 1.54) is 13.3 Å². The van der Waals surface area contributed by atoms with E-state index in [9.17, 15) is 4.79 Å². The van der Waals surface area contributed by atoms with Crippen molar-refractivity contribution in [1.29, 1.82) is 0 Å². The van der Waals surface area contributed by atoms with Crippen LogP contribution in [0.25, 0.3) is 0 Å². The fourth-order valence-electron chi connectivity index (χ4n) is 0.407. The van der Waals surface area contributed by atoms with E-state index >= 15 is 0 Å². The Balaban J connectivity index is -0.000000138. The quantitative estimate of drug-likeness (QED) is 0.666. The summed E-state index contributed by atoms with van der Waals surface area (Å²) in [5.74, 6) is -0.211. The smallest absolute Gasteiger partial charge is 0.302 e. The van der Waals surface area contributed by atoms with Crippen molar-refractivity contribution in [2.45, 2.75) is 48.0 Å².